The molecular weight excluding hydrogens is 196 g/mol. The summed E-state index contributed by atoms with van der Waals surface area (Å²) in [6.45, 7) is 0. The highest BCUT2D eigenvalue weighted by Crippen LogP contribution is 2.64. The first-order valence-electron chi connectivity index (χ1n) is 5.65. The molecule has 4 bridgehead atoms. The summed E-state index contributed by atoms with van der Waals surface area (Å²) in [7, 11) is 0. The Labute approximate surface area is 88.5 Å². The van der Waals surface area contributed by atoms with Crippen molar-refractivity contribution in [2.45, 2.75) is 18.2 Å². The number of rotatable bonds is 0. The number of halogens is 1. The molecule has 0 aromatic rings. The van der Waals surface area contributed by atoms with Gasteiger partial charge in [0.25, 0.3) is 0 Å². The van der Waals surface area contributed by atoms with E-state index in [9.17, 15) is 4.79 Å². The van der Waals surface area contributed by atoms with Gasteiger partial charge in [-0.25, -0.2) is 0 Å². The van der Waals surface area contributed by atoms with Crippen molar-refractivity contribution in [3.63, 3.8) is 0 Å². The highest BCUT2D eigenvalue weighted by Gasteiger charge is 2.65. The Hall–Kier alpha value is -0.300. The molecule has 0 saturated heterocycles. The lowest BCUT2D eigenvalue weighted by atomic mass is 9.73. The van der Waals surface area contributed by atoms with E-state index < -0.39 is 0 Å². The lowest BCUT2D eigenvalue weighted by molar-refractivity contribution is -0.122. The monoisotopic (exact) mass is 208 g/mol. The summed E-state index contributed by atoms with van der Waals surface area (Å²) in [6.07, 6.45) is 6.84. The van der Waals surface area contributed by atoms with E-state index in [1.54, 1.807) is 0 Å². The van der Waals surface area contributed by atoms with Gasteiger partial charge in [0, 0.05) is 17.2 Å². The van der Waals surface area contributed by atoms with E-state index in [2.05, 4.69) is 12.2 Å². The standard InChI is InChI=1S/C12H13ClO/c13-11-5-1-2-6(11)10-8-4-3-7(9(5)10)12(8)14/h1-2,5-11H,3-4H2/t5-,6+,7-,8+,9-,10+,11?. The van der Waals surface area contributed by atoms with Crippen molar-refractivity contribution in [2.24, 2.45) is 35.5 Å². The second kappa shape index (κ2) is 2.27. The number of hydrogen-bond donors (Lipinski definition) is 0. The van der Waals surface area contributed by atoms with Crippen molar-refractivity contribution in [2.75, 3.05) is 0 Å². The van der Waals surface area contributed by atoms with Crippen LogP contribution < -0.4 is 0 Å². The normalized spacial score (nSPS) is 62.6. The Morgan fingerprint density at radius 3 is 2.07 bits per heavy atom. The number of fused-ring (bicyclic) bond motifs is 9. The fourth-order valence-electron chi connectivity index (χ4n) is 4.68. The molecule has 4 rings (SSSR count). The van der Waals surface area contributed by atoms with E-state index in [0.29, 0.717) is 46.7 Å². The topological polar surface area (TPSA) is 17.1 Å². The highest BCUT2D eigenvalue weighted by atomic mass is 35.5. The van der Waals surface area contributed by atoms with Crippen molar-refractivity contribution in [3.8, 4) is 0 Å². The maximum Gasteiger partial charge on any atom is 0.139 e. The van der Waals surface area contributed by atoms with Crippen molar-refractivity contribution >= 4 is 17.4 Å². The number of carbonyl (C=O) groups excluding carboxylic acids is 1. The van der Waals surface area contributed by atoms with Gasteiger partial charge in [-0.3, -0.25) is 4.79 Å². The van der Waals surface area contributed by atoms with E-state index in [-0.39, 0.29) is 0 Å². The number of allylic oxidation sites excluding steroid dienone is 2. The van der Waals surface area contributed by atoms with Gasteiger partial charge in [-0.2, -0.15) is 0 Å². The van der Waals surface area contributed by atoms with E-state index in [0.717, 1.165) is 12.8 Å². The molecule has 4 aliphatic carbocycles. The fourth-order valence-corrected chi connectivity index (χ4v) is 5.18. The molecule has 0 heterocycles. The summed E-state index contributed by atoms with van der Waals surface area (Å²) in [5.41, 5.74) is 0. The zero-order valence-electron chi connectivity index (χ0n) is 7.90. The van der Waals surface area contributed by atoms with Gasteiger partial charge >= 0.3 is 0 Å². The lowest BCUT2D eigenvalue weighted by Crippen LogP contribution is -2.25. The van der Waals surface area contributed by atoms with Crippen LogP contribution in [0.15, 0.2) is 12.2 Å². The minimum atomic E-state index is 0.307. The lowest BCUT2D eigenvalue weighted by Gasteiger charge is -2.29. The van der Waals surface area contributed by atoms with Crippen LogP contribution in [0.25, 0.3) is 0 Å². The molecule has 0 aromatic carbocycles. The molecule has 2 heteroatoms. The Morgan fingerprint density at radius 1 is 1.07 bits per heavy atom. The first kappa shape index (κ1) is 7.92. The number of carbonyl (C=O) groups is 1. The summed E-state index contributed by atoms with van der Waals surface area (Å²) < 4.78 is 0. The van der Waals surface area contributed by atoms with Gasteiger partial charge in [-0.1, -0.05) is 12.2 Å². The maximum absolute atomic E-state index is 11.9. The number of alkyl halides is 1. The summed E-state index contributed by atoms with van der Waals surface area (Å²) in [5, 5.41) is 0.307. The van der Waals surface area contributed by atoms with Crippen LogP contribution in [0.5, 0.6) is 0 Å². The smallest absolute Gasteiger partial charge is 0.139 e. The van der Waals surface area contributed by atoms with Crippen LogP contribution in [0.3, 0.4) is 0 Å². The predicted molar refractivity (Wildman–Crippen MR) is 54.0 cm³/mol. The molecule has 0 radical (unpaired) electrons. The van der Waals surface area contributed by atoms with E-state index in [1.807, 2.05) is 0 Å². The van der Waals surface area contributed by atoms with Crippen molar-refractivity contribution in [3.05, 3.63) is 12.2 Å². The van der Waals surface area contributed by atoms with E-state index >= 15 is 0 Å². The average Bonchev–Trinajstić information content (AvgIpc) is 2.87. The molecule has 7 atom stereocenters. The molecule has 4 aliphatic rings. The van der Waals surface area contributed by atoms with Crippen LogP contribution in [0.2, 0.25) is 0 Å². The number of hydrogen-bond acceptors (Lipinski definition) is 1. The molecule has 74 valence electrons. The predicted octanol–water partition coefficient (Wildman–Crippen LogP) is 2.25. The molecule has 1 unspecified atom stereocenters. The quantitative estimate of drug-likeness (QED) is 0.339. The molecule has 0 aromatic heterocycles. The third-order valence-electron chi connectivity index (χ3n) is 5.07. The number of Topliss-reactive ketones (excluding diaryl/α,β-unsaturated/α-hetero) is 1. The van der Waals surface area contributed by atoms with E-state index in [4.69, 9.17) is 11.6 Å². The molecule has 1 nitrogen and oxygen atoms in total. The van der Waals surface area contributed by atoms with Gasteiger partial charge in [0.1, 0.15) is 5.78 Å². The second-order valence-corrected chi connectivity index (χ2v) is 5.84. The molecule has 0 N–H and O–H groups in total. The Morgan fingerprint density at radius 2 is 1.57 bits per heavy atom. The van der Waals surface area contributed by atoms with Gasteiger partial charge in [0.2, 0.25) is 0 Å². The van der Waals surface area contributed by atoms with Crippen molar-refractivity contribution in [1.82, 2.24) is 0 Å². The average molecular weight is 209 g/mol. The zero-order valence-corrected chi connectivity index (χ0v) is 8.65. The molecule has 3 saturated carbocycles. The Bertz CT molecular complexity index is 314. The van der Waals surface area contributed by atoms with Crippen molar-refractivity contribution < 1.29 is 4.79 Å². The van der Waals surface area contributed by atoms with Crippen LogP contribution in [0.4, 0.5) is 0 Å². The highest BCUT2D eigenvalue weighted by molar-refractivity contribution is 6.22. The molecule has 3 fully saturated rings. The Balaban J connectivity index is 1.84. The van der Waals surface area contributed by atoms with Crippen LogP contribution in [-0.2, 0) is 4.79 Å². The fraction of sp³-hybridized carbons (Fsp3) is 0.750. The first-order chi connectivity index (χ1) is 6.79. The van der Waals surface area contributed by atoms with Gasteiger partial charge in [0.05, 0.1) is 0 Å². The third-order valence-corrected chi connectivity index (χ3v) is 5.66. The van der Waals surface area contributed by atoms with Crippen LogP contribution in [0, 0.1) is 35.5 Å². The van der Waals surface area contributed by atoms with Gasteiger partial charge in [-0.05, 0) is 36.5 Å². The second-order valence-electron chi connectivity index (χ2n) is 5.33. The summed E-state index contributed by atoms with van der Waals surface area (Å²) in [4.78, 5) is 11.9. The first-order valence-corrected chi connectivity index (χ1v) is 6.09. The van der Waals surface area contributed by atoms with Crippen LogP contribution in [-0.4, -0.2) is 11.2 Å². The van der Waals surface area contributed by atoms with Gasteiger partial charge in [0.15, 0.2) is 0 Å². The summed E-state index contributed by atoms with van der Waals surface area (Å²) in [6, 6.07) is 0. The van der Waals surface area contributed by atoms with Crippen LogP contribution >= 0.6 is 11.6 Å². The SMILES string of the molecule is O=C1[C@H]2CC[C@@H]1[C@@H]1[C@H]2[C@@H]2C=C[C@H]1C2Cl. The van der Waals surface area contributed by atoms with E-state index in [1.165, 1.54) is 0 Å². The molecular formula is C12H13ClO. The minimum Gasteiger partial charge on any atom is -0.299 e. The van der Waals surface area contributed by atoms with Crippen molar-refractivity contribution in [1.29, 1.82) is 0 Å². The minimum absolute atomic E-state index is 0.307. The molecule has 0 aliphatic heterocycles. The molecule has 0 amide bonds. The van der Waals surface area contributed by atoms with Gasteiger partial charge < -0.3 is 0 Å². The van der Waals surface area contributed by atoms with Crippen LogP contribution in [0.1, 0.15) is 12.8 Å². The number of ketones is 1. The third kappa shape index (κ3) is 0.641. The Kier molecular flexibility index (Phi) is 1.28. The molecule has 0 spiro atoms. The summed E-state index contributed by atoms with van der Waals surface area (Å²) in [5.74, 6) is 3.62. The summed E-state index contributed by atoms with van der Waals surface area (Å²) >= 11 is 6.41. The molecule has 14 heavy (non-hydrogen) atoms. The zero-order chi connectivity index (χ0) is 9.45. The maximum atomic E-state index is 11.9. The van der Waals surface area contributed by atoms with Gasteiger partial charge in [-0.15, -0.1) is 11.6 Å². The largest absolute Gasteiger partial charge is 0.299 e.